The third-order valence-electron chi connectivity index (χ3n) is 6.61. The van der Waals surface area contributed by atoms with Crippen molar-refractivity contribution in [3.63, 3.8) is 0 Å². The molecule has 0 amide bonds. The van der Waals surface area contributed by atoms with Gasteiger partial charge in [-0.05, 0) is 58.9 Å². The van der Waals surface area contributed by atoms with Gasteiger partial charge in [0, 0.05) is 34.3 Å². The van der Waals surface area contributed by atoms with Crippen molar-refractivity contribution in [2.24, 2.45) is 0 Å². The summed E-state index contributed by atoms with van der Waals surface area (Å²) in [4.78, 5) is 39.8. The van der Waals surface area contributed by atoms with Crippen molar-refractivity contribution in [2.45, 2.75) is 46.8 Å². The molecule has 0 saturated heterocycles. The minimum absolute atomic E-state index is 0.134. The quantitative estimate of drug-likeness (QED) is 0.210. The van der Waals surface area contributed by atoms with Crippen molar-refractivity contribution in [1.29, 1.82) is 5.26 Å². The molecule has 0 spiro atoms. The zero-order valence-corrected chi connectivity index (χ0v) is 26.1. The number of carbonyl (C=O) groups is 1. The molecular weight excluding hydrogens is 588 g/mol. The number of aryl methyl sites for hydroxylation is 2. The molecule has 0 radical (unpaired) electrons. The van der Waals surface area contributed by atoms with Crippen molar-refractivity contribution in [3.05, 3.63) is 73.9 Å². The van der Waals surface area contributed by atoms with Gasteiger partial charge in [0.25, 0.3) is 5.56 Å². The number of fused-ring (bicyclic) bond motifs is 2. The van der Waals surface area contributed by atoms with E-state index in [-0.39, 0.29) is 29.7 Å². The zero-order chi connectivity index (χ0) is 31.1. The molecule has 0 aliphatic rings. The van der Waals surface area contributed by atoms with Gasteiger partial charge in [-0.15, -0.1) is 11.3 Å². The van der Waals surface area contributed by atoms with Gasteiger partial charge in [0.1, 0.15) is 41.2 Å². The number of nitriles is 1. The fraction of sp³-hybridized carbons (Fsp3) is 0.290. The largest absolute Gasteiger partial charge is 0.491 e. The minimum Gasteiger partial charge on any atom is -0.491 e. The standard InChI is InChI=1S/C31H29ClN6O4S/c1-16-11-20(27-26(36-16)22(15-43-27)30(40)42-31(3,4)5)19-12-18(32)7-8-24(19)41-10-9-38-17(2)37-23-14-35-28(34-6)21(13-33)25(23)29(38)39/h7-8,11-12,14-15H,9-10H2,1-6H3,(H,34,35). The van der Waals surface area contributed by atoms with E-state index < -0.39 is 11.6 Å². The minimum atomic E-state index is -0.644. The van der Waals surface area contributed by atoms with Crippen LogP contribution in [0.15, 0.2) is 40.6 Å². The maximum absolute atomic E-state index is 13.5. The molecule has 10 nitrogen and oxygen atoms in total. The van der Waals surface area contributed by atoms with Crippen LogP contribution in [0.4, 0.5) is 5.82 Å². The number of aromatic nitrogens is 4. The molecule has 1 N–H and O–H groups in total. The summed E-state index contributed by atoms with van der Waals surface area (Å²) in [6.45, 7) is 9.37. The third kappa shape index (κ3) is 5.89. The molecular formula is C31H29ClN6O4S. The van der Waals surface area contributed by atoms with E-state index in [0.717, 1.165) is 15.8 Å². The van der Waals surface area contributed by atoms with Crippen LogP contribution in [0.25, 0.3) is 32.2 Å². The topological polar surface area (TPSA) is 132 Å². The molecule has 12 heteroatoms. The Hall–Kier alpha value is -4.53. The molecule has 0 unspecified atom stereocenters. The van der Waals surface area contributed by atoms with Gasteiger partial charge in [-0.3, -0.25) is 14.3 Å². The summed E-state index contributed by atoms with van der Waals surface area (Å²) < 4.78 is 14.1. The highest BCUT2D eigenvalue weighted by Crippen LogP contribution is 2.40. The maximum atomic E-state index is 13.5. The number of carbonyl (C=O) groups excluding carboxylic acids is 1. The highest BCUT2D eigenvalue weighted by Gasteiger charge is 2.24. The normalized spacial score (nSPS) is 11.5. The van der Waals surface area contributed by atoms with Crippen LogP contribution >= 0.6 is 22.9 Å². The molecule has 5 rings (SSSR count). The predicted molar refractivity (Wildman–Crippen MR) is 168 cm³/mol. The van der Waals surface area contributed by atoms with E-state index in [2.05, 4.69) is 26.3 Å². The first-order valence-electron chi connectivity index (χ1n) is 13.4. The second-order valence-electron chi connectivity index (χ2n) is 10.8. The van der Waals surface area contributed by atoms with Gasteiger partial charge in [-0.2, -0.15) is 5.26 Å². The lowest BCUT2D eigenvalue weighted by Crippen LogP contribution is -2.27. The van der Waals surface area contributed by atoms with Crippen molar-refractivity contribution < 1.29 is 14.3 Å². The van der Waals surface area contributed by atoms with Crippen molar-refractivity contribution >= 4 is 55.8 Å². The molecule has 0 atom stereocenters. The highest BCUT2D eigenvalue weighted by molar-refractivity contribution is 7.18. The van der Waals surface area contributed by atoms with Gasteiger partial charge in [0.05, 0.1) is 39.4 Å². The maximum Gasteiger partial charge on any atom is 0.341 e. The smallest absolute Gasteiger partial charge is 0.341 e. The van der Waals surface area contributed by atoms with Crippen molar-refractivity contribution in [1.82, 2.24) is 19.5 Å². The number of rotatable bonds is 7. The average Bonchev–Trinajstić information content (AvgIpc) is 3.37. The number of hydrogen-bond donors (Lipinski definition) is 1. The Morgan fingerprint density at radius 2 is 1.95 bits per heavy atom. The van der Waals surface area contributed by atoms with Gasteiger partial charge in [0.2, 0.25) is 0 Å². The molecule has 4 aromatic heterocycles. The van der Waals surface area contributed by atoms with E-state index in [1.807, 2.05) is 33.8 Å². The summed E-state index contributed by atoms with van der Waals surface area (Å²) >= 11 is 7.83. The monoisotopic (exact) mass is 616 g/mol. The molecule has 220 valence electrons. The van der Waals surface area contributed by atoms with Crippen molar-refractivity contribution in [2.75, 3.05) is 19.0 Å². The van der Waals surface area contributed by atoms with E-state index in [9.17, 15) is 14.9 Å². The molecule has 5 aromatic rings. The Morgan fingerprint density at radius 1 is 1.19 bits per heavy atom. The molecule has 4 heterocycles. The van der Waals surface area contributed by atoms with Gasteiger partial charge in [0.15, 0.2) is 0 Å². The van der Waals surface area contributed by atoms with Crippen LogP contribution in [0, 0.1) is 25.2 Å². The Bertz CT molecular complexity index is 2010. The average molecular weight is 617 g/mol. The molecule has 0 fully saturated rings. The fourth-order valence-electron chi connectivity index (χ4n) is 4.78. The van der Waals surface area contributed by atoms with Crippen LogP contribution in [0.2, 0.25) is 5.02 Å². The number of thiophene rings is 1. The van der Waals surface area contributed by atoms with Crippen molar-refractivity contribution in [3.8, 4) is 22.9 Å². The number of nitrogens with zero attached hydrogens (tertiary/aromatic N) is 5. The van der Waals surface area contributed by atoms with Crippen LogP contribution in [-0.2, 0) is 11.3 Å². The number of pyridine rings is 2. The Labute approximate surface area is 256 Å². The predicted octanol–water partition coefficient (Wildman–Crippen LogP) is 6.29. The highest BCUT2D eigenvalue weighted by atomic mass is 35.5. The summed E-state index contributed by atoms with van der Waals surface area (Å²) in [6.07, 6.45) is 1.48. The fourth-order valence-corrected chi connectivity index (χ4v) is 5.96. The summed E-state index contributed by atoms with van der Waals surface area (Å²) in [7, 11) is 1.64. The zero-order valence-electron chi connectivity index (χ0n) is 24.5. The van der Waals surface area contributed by atoms with E-state index in [0.29, 0.717) is 44.7 Å². The first-order valence-corrected chi connectivity index (χ1v) is 14.7. The van der Waals surface area contributed by atoms with Crippen LogP contribution in [0.1, 0.15) is 48.2 Å². The third-order valence-corrected chi connectivity index (χ3v) is 7.85. The Morgan fingerprint density at radius 3 is 2.65 bits per heavy atom. The molecule has 1 aromatic carbocycles. The number of hydrogen-bond acceptors (Lipinski definition) is 10. The van der Waals surface area contributed by atoms with Crippen LogP contribution in [-0.4, -0.2) is 44.7 Å². The molecule has 0 bridgehead atoms. The van der Waals surface area contributed by atoms with E-state index >= 15 is 0 Å². The second kappa shape index (κ2) is 11.6. The van der Waals surface area contributed by atoms with Gasteiger partial charge in [-0.1, -0.05) is 11.6 Å². The number of ether oxygens (including phenoxy) is 2. The van der Waals surface area contributed by atoms with E-state index in [1.54, 1.807) is 37.6 Å². The molecule has 0 aliphatic heterocycles. The molecule has 0 aliphatic carbocycles. The van der Waals surface area contributed by atoms with Crippen LogP contribution < -0.4 is 15.6 Å². The Kier molecular flexibility index (Phi) is 8.10. The number of esters is 1. The van der Waals surface area contributed by atoms with Gasteiger partial charge < -0.3 is 14.8 Å². The second-order valence-corrected chi connectivity index (χ2v) is 12.2. The lowest BCUT2D eigenvalue weighted by Gasteiger charge is -2.19. The van der Waals surface area contributed by atoms with E-state index in [4.69, 9.17) is 21.1 Å². The SMILES string of the molecule is CNc1ncc2nc(C)n(CCOc3ccc(Cl)cc3-c3cc(C)nc4c(C(=O)OC(C)(C)C)csc34)c(=O)c2c1C#N. The van der Waals surface area contributed by atoms with Gasteiger partial charge >= 0.3 is 5.97 Å². The number of nitrogens with one attached hydrogen (secondary N) is 1. The molecule has 0 saturated carbocycles. The number of benzene rings is 1. The summed E-state index contributed by atoms with van der Waals surface area (Å²) in [6, 6.07) is 9.30. The Balaban J connectivity index is 1.50. The number of halogens is 1. The van der Waals surface area contributed by atoms with E-state index in [1.165, 1.54) is 22.1 Å². The molecule has 43 heavy (non-hydrogen) atoms. The summed E-state index contributed by atoms with van der Waals surface area (Å²) in [5, 5.41) is 15.0. The van der Waals surface area contributed by atoms with Crippen LogP contribution in [0.3, 0.4) is 0 Å². The van der Waals surface area contributed by atoms with Crippen LogP contribution in [0.5, 0.6) is 5.75 Å². The first-order chi connectivity index (χ1) is 20.4. The lowest BCUT2D eigenvalue weighted by atomic mass is 10.0. The summed E-state index contributed by atoms with van der Waals surface area (Å²) in [5.41, 5.74) is 2.70. The summed E-state index contributed by atoms with van der Waals surface area (Å²) in [5.74, 6) is 0.892. The van der Waals surface area contributed by atoms with Gasteiger partial charge in [-0.25, -0.2) is 14.8 Å². The first kappa shape index (κ1) is 29.9. The number of anilines is 1. The lowest BCUT2D eigenvalue weighted by molar-refractivity contribution is 0.00721.